The van der Waals surface area contributed by atoms with Gasteiger partial charge in [-0.2, -0.15) is 0 Å². The van der Waals surface area contributed by atoms with Crippen LogP contribution in [0.4, 0.5) is 4.79 Å². The molecular formula is C10H22NO3+. The summed E-state index contributed by atoms with van der Waals surface area (Å²) in [6.07, 6.45) is -0.563. The van der Waals surface area contributed by atoms with Crippen molar-refractivity contribution >= 4 is 6.16 Å². The molecule has 0 aromatic rings. The van der Waals surface area contributed by atoms with Crippen molar-refractivity contribution in [2.75, 3.05) is 40.9 Å². The van der Waals surface area contributed by atoms with E-state index in [4.69, 9.17) is 9.47 Å². The van der Waals surface area contributed by atoms with Crippen LogP contribution in [-0.2, 0) is 9.47 Å². The lowest BCUT2D eigenvalue weighted by atomic mass is 10.2. The fourth-order valence-electron chi connectivity index (χ4n) is 0.679. The molecule has 0 rings (SSSR count). The number of rotatable bonds is 5. The normalized spacial score (nSPS) is 11.6. The quantitative estimate of drug-likeness (QED) is 0.503. The molecule has 0 atom stereocenters. The zero-order valence-electron chi connectivity index (χ0n) is 9.87. The molecule has 0 aromatic carbocycles. The predicted octanol–water partition coefficient (Wildman–Crippen LogP) is 1.50. The summed E-state index contributed by atoms with van der Waals surface area (Å²) < 4.78 is 10.5. The van der Waals surface area contributed by atoms with Gasteiger partial charge in [-0.3, -0.25) is 0 Å². The van der Waals surface area contributed by atoms with Crippen molar-refractivity contribution in [3.8, 4) is 0 Å². The molecule has 0 unspecified atom stereocenters. The average molecular weight is 204 g/mol. The van der Waals surface area contributed by atoms with Crippen LogP contribution in [0.1, 0.15) is 13.8 Å². The Hall–Kier alpha value is -0.770. The minimum Gasteiger partial charge on any atom is -0.434 e. The molecular weight excluding hydrogens is 182 g/mol. The van der Waals surface area contributed by atoms with Crippen molar-refractivity contribution in [1.29, 1.82) is 0 Å². The maximum Gasteiger partial charge on any atom is 0.508 e. The molecule has 0 fully saturated rings. The van der Waals surface area contributed by atoms with E-state index in [1.54, 1.807) is 0 Å². The van der Waals surface area contributed by atoms with Gasteiger partial charge in [-0.1, -0.05) is 13.8 Å². The maximum atomic E-state index is 11.0. The molecule has 0 N–H and O–H groups in total. The molecule has 0 amide bonds. The molecule has 0 radical (unpaired) electrons. The Labute approximate surface area is 86.4 Å². The zero-order valence-corrected chi connectivity index (χ0v) is 9.87. The minimum absolute atomic E-state index is 0.348. The lowest BCUT2D eigenvalue weighted by molar-refractivity contribution is -0.870. The smallest absolute Gasteiger partial charge is 0.434 e. The summed E-state index contributed by atoms with van der Waals surface area (Å²) in [6.45, 7) is 5.58. The van der Waals surface area contributed by atoms with Gasteiger partial charge in [0, 0.05) is 0 Å². The van der Waals surface area contributed by atoms with Crippen LogP contribution < -0.4 is 0 Å². The van der Waals surface area contributed by atoms with Gasteiger partial charge < -0.3 is 14.0 Å². The highest BCUT2D eigenvalue weighted by Gasteiger charge is 2.10. The second kappa shape index (κ2) is 5.86. The molecule has 0 spiro atoms. The molecule has 4 nitrogen and oxygen atoms in total. The second-order valence-electron chi connectivity index (χ2n) is 4.82. The highest BCUT2D eigenvalue weighted by molar-refractivity contribution is 5.59. The molecule has 84 valence electrons. The Morgan fingerprint density at radius 3 is 2.21 bits per heavy atom. The molecule has 0 aliphatic heterocycles. The van der Waals surface area contributed by atoms with Crippen LogP contribution in [0.3, 0.4) is 0 Å². The minimum atomic E-state index is -0.563. The molecule has 0 saturated carbocycles. The second-order valence-corrected chi connectivity index (χ2v) is 4.82. The van der Waals surface area contributed by atoms with Gasteiger partial charge >= 0.3 is 6.16 Å². The number of nitrogens with zero attached hydrogens (tertiary/aromatic N) is 1. The van der Waals surface area contributed by atoms with Crippen LogP contribution in [0.5, 0.6) is 0 Å². The molecule has 14 heavy (non-hydrogen) atoms. The molecule has 0 aromatic heterocycles. The Kier molecular flexibility index (Phi) is 5.53. The van der Waals surface area contributed by atoms with Gasteiger partial charge in [0.15, 0.2) is 0 Å². The fourth-order valence-corrected chi connectivity index (χ4v) is 0.679. The van der Waals surface area contributed by atoms with Crippen molar-refractivity contribution in [2.24, 2.45) is 5.92 Å². The predicted molar refractivity (Wildman–Crippen MR) is 55.0 cm³/mol. The van der Waals surface area contributed by atoms with Crippen molar-refractivity contribution < 1.29 is 18.8 Å². The van der Waals surface area contributed by atoms with Crippen molar-refractivity contribution in [1.82, 2.24) is 0 Å². The lowest BCUT2D eigenvalue weighted by Gasteiger charge is -2.23. The molecule has 0 bridgehead atoms. The van der Waals surface area contributed by atoms with Gasteiger partial charge in [0.25, 0.3) is 0 Å². The van der Waals surface area contributed by atoms with Crippen molar-refractivity contribution in [2.45, 2.75) is 13.8 Å². The summed E-state index contributed by atoms with van der Waals surface area (Å²) in [5.41, 5.74) is 0. The first kappa shape index (κ1) is 13.2. The fraction of sp³-hybridized carbons (Fsp3) is 0.900. The highest BCUT2D eigenvalue weighted by atomic mass is 16.7. The number of hydrogen-bond donors (Lipinski definition) is 0. The van der Waals surface area contributed by atoms with Crippen LogP contribution in [0, 0.1) is 5.92 Å². The van der Waals surface area contributed by atoms with Crippen LogP contribution in [0.2, 0.25) is 0 Å². The molecule has 0 aliphatic carbocycles. The number of carbonyl (C=O) groups is 1. The van der Waals surface area contributed by atoms with E-state index >= 15 is 0 Å². The van der Waals surface area contributed by atoms with Crippen LogP contribution in [0.15, 0.2) is 0 Å². The summed E-state index contributed by atoms with van der Waals surface area (Å²) in [5.74, 6) is 0.348. The third kappa shape index (κ3) is 9.32. The van der Waals surface area contributed by atoms with E-state index in [-0.39, 0.29) is 0 Å². The van der Waals surface area contributed by atoms with E-state index in [0.29, 0.717) is 19.1 Å². The van der Waals surface area contributed by atoms with Crippen LogP contribution in [0.25, 0.3) is 0 Å². The number of carbonyl (C=O) groups excluding carboxylic acids is 1. The van der Waals surface area contributed by atoms with Gasteiger partial charge in [0.1, 0.15) is 13.2 Å². The van der Waals surface area contributed by atoms with Crippen LogP contribution in [-0.4, -0.2) is 51.5 Å². The van der Waals surface area contributed by atoms with E-state index in [1.807, 2.05) is 35.0 Å². The maximum absolute atomic E-state index is 11.0. The molecule has 0 saturated heterocycles. The summed E-state index contributed by atoms with van der Waals surface area (Å²) in [5, 5.41) is 0. The molecule has 4 heteroatoms. The van der Waals surface area contributed by atoms with Gasteiger partial charge in [-0.25, -0.2) is 4.79 Å². The summed E-state index contributed by atoms with van der Waals surface area (Å²) in [4.78, 5) is 11.0. The van der Waals surface area contributed by atoms with E-state index < -0.39 is 6.16 Å². The topological polar surface area (TPSA) is 35.5 Å². The molecule has 0 aliphatic rings. The van der Waals surface area contributed by atoms with Gasteiger partial charge in [0.05, 0.1) is 27.7 Å². The van der Waals surface area contributed by atoms with E-state index in [9.17, 15) is 4.79 Å². The van der Waals surface area contributed by atoms with Gasteiger partial charge in [-0.15, -0.1) is 0 Å². The Morgan fingerprint density at radius 2 is 1.79 bits per heavy atom. The van der Waals surface area contributed by atoms with Gasteiger partial charge in [-0.05, 0) is 5.92 Å². The molecule has 0 heterocycles. The standard InChI is InChI=1S/C10H22NO3/c1-9(2)8-14-10(12)13-7-6-11(3,4)5/h9H,6-8H2,1-5H3/q+1. The Balaban J connectivity index is 3.46. The summed E-state index contributed by atoms with van der Waals surface area (Å²) in [7, 11) is 6.13. The SMILES string of the molecule is CC(C)COC(=O)OCC[N+](C)(C)C. The monoisotopic (exact) mass is 204 g/mol. The number of quaternary nitrogens is 1. The third-order valence-electron chi connectivity index (χ3n) is 1.52. The largest absolute Gasteiger partial charge is 0.508 e. The third-order valence-corrected chi connectivity index (χ3v) is 1.52. The number of likely N-dealkylation sites (N-methyl/N-ethyl adjacent to an activating group) is 1. The zero-order chi connectivity index (χ0) is 11.2. The first-order valence-corrected chi connectivity index (χ1v) is 4.91. The summed E-state index contributed by atoms with van der Waals surface area (Å²) in [6, 6.07) is 0. The first-order chi connectivity index (χ1) is 6.31. The highest BCUT2D eigenvalue weighted by Crippen LogP contribution is 1.96. The Bertz CT molecular complexity index is 173. The van der Waals surface area contributed by atoms with E-state index in [0.717, 1.165) is 11.0 Å². The average Bonchev–Trinajstić information content (AvgIpc) is 1.98. The van der Waals surface area contributed by atoms with Crippen molar-refractivity contribution in [3.63, 3.8) is 0 Å². The Morgan fingerprint density at radius 1 is 1.21 bits per heavy atom. The summed E-state index contributed by atoms with van der Waals surface area (Å²) >= 11 is 0. The van der Waals surface area contributed by atoms with Crippen molar-refractivity contribution in [3.05, 3.63) is 0 Å². The first-order valence-electron chi connectivity index (χ1n) is 4.91. The van der Waals surface area contributed by atoms with E-state index in [2.05, 4.69) is 0 Å². The van der Waals surface area contributed by atoms with Gasteiger partial charge in [0.2, 0.25) is 0 Å². The van der Waals surface area contributed by atoms with Crippen LogP contribution >= 0.6 is 0 Å². The lowest BCUT2D eigenvalue weighted by Crippen LogP contribution is -2.38. The number of ether oxygens (including phenoxy) is 2. The number of hydrogen-bond acceptors (Lipinski definition) is 3. The van der Waals surface area contributed by atoms with E-state index in [1.165, 1.54) is 0 Å².